The molecular weight excluding hydrogens is 378 g/mol. The van der Waals surface area contributed by atoms with E-state index in [1.165, 1.54) is 6.20 Å². The third-order valence-electron chi connectivity index (χ3n) is 4.31. The Balaban J connectivity index is 1.75. The minimum atomic E-state index is -0.345. The van der Waals surface area contributed by atoms with Gasteiger partial charge in [-0.15, -0.1) is 0 Å². The number of ether oxygens (including phenoxy) is 1. The summed E-state index contributed by atoms with van der Waals surface area (Å²) in [6, 6.07) is 10.8. The van der Waals surface area contributed by atoms with E-state index in [0.717, 1.165) is 11.4 Å². The van der Waals surface area contributed by atoms with E-state index in [1.807, 2.05) is 31.2 Å². The number of methoxy groups -OCH3 is 1. The highest BCUT2D eigenvalue weighted by atomic mass is 35.5. The normalized spacial score (nSPS) is 10.8. The second kappa shape index (κ2) is 7.28. The lowest BCUT2D eigenvalue weighted by Gasteiger charge is -2.08. The molecule has 1 aromatic carbocycles. The van der Waals surface area contributed by atoms with Crippen LogP contribution in [0.3, 0.4) is 0 Å². The number of aromatic nitrogens is 4. The van der Waals surface area contributed by atoms with Gasteiger partial charge in [-0.3, -0.25) is 9.78 Å². The quantitative estimate of drug-likeness (QED) is 0.566. The van der Waals surface area contributed by atoms with Gasteiger partial charge in [0.1, 0.15) is 5.75 Å². The van der Waals surface area contributed by atoms with Crippen LogP contribution in [0.5, 0.6) is 5.75 Å². The summed E-state index contributed by atoms with van der Waals surface area (Å²) in [6.07, 6.45) is 4.66. The summed E-state index contributed by atoms with van der Waals surface area (Å²) in [6.45, 7) is 1.83. The van der Waals surface area contributed by atoms with E-state index in [9.17, 15) is 4.79 Å². The number of nitrogens with zero attached hydrogens (tertiary/aromatic N) is 4. The van der Waals surface area contributed by atoms with Gasteiger partial charge in [0.2, 0.25) is 0 Å². The Morgan fingerprint density at radius 2 is 1.86 bits per heavy atom. The van der Waals surface area contributed by atoms with Crippen LogP contribution in [0.25, 0.3) is 16.7 Å². The van der Waals surface area contributed by atoms with E-state index >= 15 is 0 Å². The van der Waals surface area contributed by atoms with Gasteiger partial charge in [0.25, 0.3) is 5.91 Å². The summed E-state index contributed by atoms with van der Waals surface area (Å²) in [5.41, 5.74) is 2.98. The van der Waals surface area contributed by atoms with Crippen LogP contribution in [0, 0.1) is 6.92 Å². The molecule has 1 amide bonds. The van der Waals surface area contributed by atoms with Crippen molar-refractivity contribution in [2.24, 2.45) is 0 Å². The molecule has 0 bridgehead atoms. The van der Waals surface area contributed by atoms with Gasteiger partial charge in [0, 0.05) is 24.3 Å². The molecule has 0 aliphatic heterocycles. The molecule has 0 spiro atoms. The summed E-state index contributed by atoms with van der Waals surface area (Å²) < 4.78 is 6.89. The SMILES string of the molecule is COc1ccc(-n2nc(C)c3c(Cl)c(C(=O)Nc4ccncc4)cnc32)cc1. The van der Waals surface area contributed by atoms with Gasteiger partial charge in [0.15, 0.2) is 5.65 Å². The van der Waals surface area contributed by atoms with Crippen LogP contribution in [-0.4, -0.2) is 32.8 Å². The molecule has 3 heterocycles. The molecule has 0 unspecified atom stereocenters. The van der Waals surface area contributed by atoms with Gasteiger partial charge < -0.3 is 10.1 Å². The van der Waals surface area contributed by atoms with Crippen molar-refractivity contribution in [2.45, 2.75) is 6.92 Å². The van der Waals surface area contributed by atoms with Gasteiger partial charge in [-0.2, -0.15) is 5.10 Å². The van der Waals surface area contributed by atoms with E-state index in [4.69, 9.17) is 16.3 Å². The number of pyridine rings is 2. The highest BCUT2D eigenvalue weighted by Crippen LogP contribution is 2.30. The van der Waals surface area contributed by atoms with Crippen LogP contribution >= 0.6 is 11.6 Å². The van der Waals surface area contributed by atoms with Crippen molar-refractivity contribution in [3.05, 3.63) is 71.3 Å². The number of fused-ring (bicyclic) bond motifs is 1. The second-order valence-corrected chi connectivity index (χ2v) is 6.45. The van der Waals surface area contributed by atoms with Crippen molar-refractivity contribution >= 4 is 34.2 Å². The maximum absolute atomic E-state index is 12.6. The molecule has 0 aliphatic carbocycles. The zero-order valence-corrected chi connectivity index (χ0v) is 15.9. The highest BCUT2D eigenvalue weighted by Gasteiger charge is 2.20. The number of hydrogen-bond acceptors (Lipinski definition) is 5. The molecule has 0 aliphatic rings. The summed E-state index contributed by atoms with van der Waals surface area (Å²) in [5.74, 6) is 0.403. The number of anilines is 1. The Bertz CT molecular complexity index is 1160. The highest BCUT2D eigenvalue weighted by molar-refractivity contribution is 6.39. The second-order valence-electron chi connectivity index (χ2n) is 6.07. The van der Waals surface area contributed by atoms with Crippen LogP contribution in [-0.2, 0) is 0 Å². The van der Waals surface area contributed by atoms with Gasteiger partial charge in [-0.1, -0.05) is 11.6 Å². The molecule has 0 radical (unpaired) electrons. The zero-order valence-electron chi connectivity index (χ0n) is 15.2. The number of nitrogens with one attached hydrogen (secondary N) is 1. The minimum absolute atomic E-state index is 0.281. The third kappa shape index (κ3) is 3.16. The smallest absolute Gasteiger partial charge is 0.258 e. The van der Waals surface area contributed by atoms with Crippen molar-refractivity contribution in [2.75, 3.05) is 12.4 Å². The lowest BCUT2D eigenvalue weighted by atomic mass is 10.2. The predicted molar refractivity (Wildman–Crippen MR) is 107 cm³/mol. The Labute approximate surface area is 165 Å². The predicted octanol–water partition coefficient (Wildman–Crippen LogP) is 4.04. The van der Waals surface area contributed by atoms with E-state index < -0.39 is 0 Å². The number of hydrogen-bond donors (Lipinski definition) is 1. The van der Waals surface area contributed by atoms with E-state index in [2.05, 4.69) is 20.4 Å². The summed E-state index contributed by atoms with van der Waals surface area (Å²) in [4.78, 5) is 21.0. The van der Waals surface area contributed by atoms with Crippen molar-refractivity contribution in [1.29, 1.82) is 0 Å². The molecule has 1 N–H and O–H groups in total. The number of carbonyl (C=O) groups excluding carboxylic acids is 1. The van der Waals surface area contributed by atoms with Crippen molar-refractivity contribution in [1.82, 2.24) is 19.7 Å². The van der Waals surface area contributed by atoms with E-state index in [1.54, 1.807) is 36.3 Å². The maximum Gasteiger partial charge on any atom is 0.258 e. The Morgan fingerprint density at radius 1 is 1.14 bits per heavy atom. The molecule has 0 fully saturated rings. The number of carbonyl (C=O) groups is 1. The largest absolute Gasteiger partial charge is 0.497 e. The fourth-order valence-electron chi connectivity index (χ4n) is 2.90. The maximum atomic E-state index is 12.6. The number of halogens is 1. The fraction of sp³-hybridized carbons (Fsp3) is 0.100. The van der Waals surface area contributed by atoms with E-state index in [0.29, 0.717) is 27.4 Å². The van der Waals surface area contributed by atoms with Crippen molar-refractivity contribution in [3.8, 4) is 11.4 Å². The fourth-order valence-corrected chi connectivity index (χ4v) is 3.26. The average molecular weight is 394 g/mol. The summed E-state index contributed by atoms with van der Waals surface area (Å²) in [5, 5.41) is 8.29. The first-order chi connectivity index (χ1) is 13.6. The van der Waals surface area contributed by atoms with Crippen LogP contribution in [0.4, 0.5) is 5.69 Å². The molecule has 7 nitrogen and oxygen atoms in total. The van der Waals surface area contributed by atoms with Gasteiger partial charge in [-0.05, 0) is 43.3 Å². The number of benzene rings is 1. The Kier molecular flexibility index (Phi) is 4.67. The van der Waals surface area contributed by atoms with Crippen LogP contribution in [0.2, 0.25) is 5.02 Å². The molecule has 3 aromatic heterocycles. The molecular formula is C20H16ClN5O2. The van der Waals surface area contributed by atoms with Gasteiger partial charge in [0.05, 0.1) is 34.5 Å². The molecule has 8 heteroatoms. The molecule has 4 rings (SSSR count). The average Bonchev–Trinajstić information content (AvgIpc) is 3.06. The molecule has 0 atom stereocenters. The lowest BCUT2D eigenvalue weighted by Crippen LogP contribution is -2.13. The molecule has 0 saturated carbocycles. The molecule has 140 valence electrons. The van der Waals surface area contributed by atoms with Crippen molar-refractivity contribution in [3.63, 3.8) is 0 Å². The number of rotatable bonds is 4. The molecule has 0 saturated heterocycles. The van der Waals surface area contributed by atoms with Gasteiger partial charge in [-0.25, -0.2) is 9.67 Å². The standard InChI is InChI=1S/C20H16ClN5O2/c1-12-17-18(21)16(20(27)24-13-7-9-22-10-8-13)11-23-19(17)26(25-12)14-3-5-15(28-2)6-4-14/h3-11H,1-2H3,(H,22,24,27). The first-order valence-corrected chi connectivity index (χ1v) is 8.86. The minimum Gasteiger partial charge on any atom is -0.497 e. The third-order valence-corrected chi connectivity index (χ3v) is 4.70. The Morgan fingerprint density at radius 3 is 2.54 bits per heavy atom. The van der Waals surface area contributed by atoms with Crippen molar-refractivity contribution < 1.29 is 9.53 Å². The van der Waals surface area contributed by atoms with Crippen LogP contribution < -0.4 is 10.1 Å². The first-order valence-electron chi connectivity index (χ1n) is 8.48. The van der Waals surface area contributed by atoms with Crippen LogP contribution in [0.15, 0.2) is 55.0 Å². The lowest BCUT2D eigenvalue weighted by molar-refractivity contribution is 0.102. The summed E-state index contributed by atoms with van der Waals surface area (Å²) in [7, 11) is 1.61. The Hall–Kier alpha value is -3.45. The van der Waals surface area contributed by atoms with E-state index in [-0.39, 0.29) is 11.5 Å². The van der Waals surface area contributed by atoms with Gasteiger partial charge >= 0.3 is 0 Å². The topological polar surface area (TPSA) is 81.9 Å². The summed E-state index contributed by atoms with van der Waals surface area (Å²) >= 11 is 6.57. The monoisotopic (exact) mass is 393 g/mol. The zero-order chi connectivity index (χ0) is 19.7. The molecule has 28 heavy (non-hydrogen) atoms. The number of aryl methyl sites for hydroxylation is 1. The number of amides is 1. The first kappa shape index (κ1) is 17.9. The van der Waals surface area contributed by atoms with Crippen LogP contribution in [0.1, 0.15) is 16.1 Å². The molecule has 4 aromatic rings.